The van der Waals surface area contributed by atoms with Gasteiger partial charge in [0.1, 0.15) is 6.04 Å². The molecule has 5 nitrogen and oxygen atoms in total. The predicted octanol–water partition coefficient (Wildman–Crippen LogP) is 3.60. The van der Waals surface area contributed by atoms with Gasteiger partial charge >= 0.3 is 5.97 Å². The molecule has 0 unspecified atom stereocenters. The van der Waals surface area contributed by atoms with Gasteiger partial charge in [-0.15, -0.1) is 11.3 Å². The van der Waals surface area contributed by atoms with Gasteiger partial charge in [0, 0.05) is 4.88 Å². The molecule has 24 heavy (non-hydrogen) atoms. The second kappa shape index (κ2) is 6.72. The number of carbonyl (C=O) groups is 2. The summed E-state index contributed by atoms with van der Waals surface area (Å²) in [5.74, 6) is -0.153. The highest BCUT2D eigenvalue weighted by atomic mass is 32.2. The van der Waals surface area contributed by atoms with E-state index >= 15 is 0 Å². The lowest BCUT2D eigenvalue weighted by Gasteiger charge is -2.32. The minimum Gasteiger partial charge on any atom is -0.462 e. The predicted molar refractivity (Wildman–Crippen MR) is 96.9 cm³/mol. The zero-order chi connectivity index (χ0) is 17.4. The van der Waals surface area contributed by atoms with Crippen LogP contribution in [0.1, 0.15) is 38.6 Å². The zero-order valence-corrected chi connectivity index (χ0v) is 15.7. The van der Waals surface area contributed by atoms with Gasteiger partial charge in [0.2, 0.25) is 5.91 Å². The van der Waals surface area contributed by atoms with Crippen molar-refractivity contribution in [3.63, 3.8) is 0 Å². The first-order valence-electron chi connectivity index (χ1n) is 7.89. The van der Waals surface area contributed by atoms with Crippen LogP contribution in [0.5, 0.6) is 0 Å². The first kappa shape index (κ1) is 17.2. The van der Waals surface area contributed by atoms with Gasteiger partial charge in [-0.25, -0.2) is 9.79 Å². The molecule has 2 aliphatic rings. The van der Waals surface area contributed by atoms with Crippen LogP contribution in [0.25, 0.3) is 0 Å². The molecule has 0 bridgehead atoms. The summed E-state index contributed by atoms with van der Waals surface area (Å²) in [6, 6.07) is 3.43. The summed E-state index contributed by atoms with van der Waals surface area (Å²) in [6.45, 7) is 8.01. The number of rotatable bonds is 4. The van der Waals surface area contributed by atoms with Gasteiger partial charge in [-0.3, -0.25) is 9.69 Å². The van der Waals surface area contributed by atoms with Gasteiger partial charge in [0.15, 0.2) is 5.17 Å². The quantitative estimate of drug-likeness (QED) is 0.766. The third-order valence-corrected chi connectivity index (χ3v) is 5.82. The number of nitrogens with zero attached hydrogens (tertiary/aromatic N) is 2. The molecule has 0 N–H and O–H groups in total. The van der Waals surface area contributed by atoms with Crippen molar-refractivity contribution in [1.29, 1.82) is 0 Å². The van der Waals surface area contributed by atoms with Crippen molar-refractivity contribution >= 4 is 40.1 Å². The van der Waals surface area contributed by atoms with Gasteiger partial charge in [0.05, 0.1) is 23.1 Å². The number of amides is 1. The van der Waals surface area contributed by atoms with Crippen LogP contribution in [0, 0.1) is 5.92 Å². The number of hydrogen-bond donors (Lipinski definition) is 0. The monoisotopic (exact) mass is 364 g/mol. The van der Waals surface area contributed by atoms with E-state index in [0.29, 0.717) is 23.0 Å². The van der Waals surface area contributed by atoms with E-state index in [4.69, 9.17) is 4.74 Å². The standard InChI is InChI=1S/C17H20N2O3S2/c1-9(2)8-22-16(21)13-10(3)18-17-19(15(20)11(4)24-17)14(13)12-6-5-7-23-12/h5-7,9,11,14H,8H2,1-4H3/t11-,14+/m1/s1. The van der Waals surface area contributed by atoms with Crippen LogP contribution in [0.15, 0.2) is 33.8 Å². The second-order valence-corrected chi connectivity index (χ2v) is 8.56. The summed E-state index contributed by atoms with van der Waals surface area (Å²) >= 11 is 2.97. The van der Waals surface area contributed by atoms with Crippen molar-refractivity contribution < 1.29 is 14.3 Å². The lowest BCUT2D eigenvalue weighted by molar-refractivity contribution is -0.141. The molecule has 2 atom stereocenters. The fourth-order valence-corrected chi connectivity index (χ4v) is 4.55. The number of amidine groups is 1. The maximum Gasteiger partial charge on any atom is 0.338 e. The summed E-state index contributed by atoms with van der Waals surface area (Å²) in [5.41, 5.74) is 1.09. The SMILES string of the molecule is CC1=C(C(=O)OCC(C)C)[C@H](c2cccs2)N2C(=O)[C@@H](C)SC2=N1. The fraction of sp³-hybridized carbons (Fsp3) is 0.471. The Bertz CT molecular complexity index is 722. The van der Waals surface area contributed by atoms with E-state index in [0.717, 1.165) is 4.88 Å². The lowest BCUT2D eigenvalue weighted by atomic mass is 10.00. The van der Waals surface area contributed by atoms with E-state index in [1.54, 1.807) is 4.90 Å². The Labute approximate surface area is 149 Å². The number of esters is 1. The van der Waals surface area contributed by atoms with E-state index in [1.165, 1.54) is 23.1 Å². The maximum absolute atomic E-state index is 12.7. The largest absolute Gasteiger partial charge is 0.462 e. The summed E-state index contributed by atoms with van der Waals surface area (Å²) in [6.07, 6.45) is 0. The van der Waals surface area contributed by atoms with E-state index in [-0.39, 0.29) is 23.0 Å². The number of carbonyl (C=O) groups excluding carboxylic acids is 2. The molecule has 1 fully saturated rings. The topological polar surface area (TPSA) is 59.0 Å². The summed E-state index contributed by atoms with van der Waals surface area (Å²) in [4.78, 5) is 32.4. The van der Waals surface area contributed by atoms with Crippen molar-refractivity contribution in [3.05, 3.63) is 33.7 Å². The first-order valence-corrected chi connectivity index (χ1v) is 9.65. The fourth-order valence-electron chi connectivity index (χ4n) is 2.70. The molecule has 1 amide bonds. The Hall–Kier alpha value is -1.60. The van der Waals surface area contributed by atoms with Crippen LogP contribution >= 0.6 is 23.1 Å². The molecule has 1 aromatic rings. The number of thiophene rings is 1. The number of hydrogen-bond acceptors (Lipinski definition) is 6. The molecule has 2 aliphatic heterocycles. The molecular weight excluding hydrogens is 344 g/mol. The highest BCUT2D eigenvalue weighted by Crippen LogP contribution is 2.44. The van der Waals surface area contributed by atoms with E-state index in [2.05, 4.69) is 4.99 Å². The number of allylic oxidation sites excluding steroid dienone is 1. The molecule has 7 heteroatoms. The number of aliphatic imine (C=N–C) groups is 1. The summed E-state index contributed by atoms with van der Waals surface area (Å²) in [7, 11) is 0. The minimum atomic E-state index is -0.442. The third kappa shape index (κ3) is 3.02. The molecule has 1 aromatic heterocycles. The third-order valence-electron chi connectivity index (χ3n) is 3.84. The van der Waals surface area contributed by atoms with Crippen LogP contribution in [-0.2, 0) is 14.3 Å². The van der Waals surface area contributed by atoms with Crippen LogP contribution in [0.3, 0.4) is 0 Å². The molecule has 0 radical (unpaired) electrons. The minimum absolute atomic E-state index is 0.0150. The van der Waals surface area contributed by atoms with E-state index in [9.17, 15) is 9.59 Å². The van der Waals surface area contributed by atoms with Crippen molar-refractivity contribution in [2.45, 2.75) is 39.0 Å². The molecule has 3 rings (SSSR count). The van der Waals surface area contributed by atoms with Crippen molar-refractivity contribution in [3.8, 4) is 0 Å². The van der Waals surface area contributed by atoms with E-state index < -0.39 is 6.04 Å². The average Bonchev–Trinajstić information content (AvgIpc) is 3.13. The van der Waals surface area contributed by atoms with E-state index in [1.807, 2.05) is 45.2 Å². The molecule has 0 aromatic carbocycles. The Morgan fingerprint density at radius 3 is 2.83 bits per heavy atom. The van der Waals surface area contributed by atoms with Crippen molar-refractivity contribution in [1.82, 2.24) is 4.90 Å². The van der Waals surface area contributed by atoms with Crippen LogP contribution in [0.4, 0.5) is 0 Å². The van der Waals surface area contributed by atoms with Crippen LogP contribution < -0.4 is 0 Å². The molecule has 1 saturated heterocycles. The zero-order valence-electron chi connectivity index (χ0n) is 14.1. The van der Waals surface area contributed by atoms with Gasteiger partial charge < -0.3 is 4.74 Å². The van der Waals surface area contributed by atoms with Gasteiger partial charge in [-0.2, -0.15) is 0 Å². The molecule has 128 valence electrons. The molecular formula is C17H20N2O3S2. The first-order chi connectivity index (χ1) is 11.4. The number of fused-ring (bicyclic) bond motifs is 1. The summed E-state index contributed by atoms with van der Waals surface area (Å²) in [5, 5.41) is 2.43. The number of thioether (sulfide) groups is 1. The normalized spacial score (nSPS) is 23.6. The van der Waals surface area contributed by atoms with Crippen LogP contribution in [-0.4, -0.2) is 33.8 Å². The molecule has 3 heterocycles. The van der Waals surface area contributed by atoms with Gasteiger partial charge in [0.25, 0.3) is 0 Å². The average molecular weight is 364 g/mol. The lowest BCUT2D eigenvalue weighted by Crippen LogP contribution is -2.40. The van der Waals surface area contributed by atoms with Crippen LogP contribution in [0.2, 0.25) is 0 Å². The smallest absolute Gasteiger partial charge is 0.338 e. The Morgan fingerprint density at radius 1 is 1.46 bits per heavy atom. The maximum atomic E-state index is 12.7. The Kier molecular flexibility index (Phi) is 4.83. The highest BCUT2D eigenvalue weighted by Gasteiger charge is 2.46. The van der Waals surface area contributed by atoms with Crippen molar-refractivity contribution in [2.75, 3.05) is 6.61 Å². The molecule has 0 spiro atoms. The summed E-state index contributed by atoms with van der Waals surface area (Å²) < 4.78 is 5.45. The Balaban J connectivity index is 2.03. The second-order valence-electron chi connectivity index (χ2n) is 6.27. The molecule has 0 saturated carbocycles. The Morgan fingerprint density at radius 2 is 2.21 bits per heavy atom. The van der Waals surface area contributed by atoms with Gasteiger partial charge in [-0.05, 0) is 31.2 Å². The highest BCUT2D eigenvalue weighted by molar-refractivity contribution is 8.15. The van der Waals surface area contributed by atoms with Gasteiger partial charge in [-0.1, -0.05) is 31.7 Å². The van der Waals surface area contributed by atoms with Crippen molar-refractivity contribution in [2.24, 2.45) is 10.9 Å². The molecule has 0 aliphatic carbocycles. The number of ether oxygens (including phenoxy) is 1.